The lowest BCUT2D eigenvalue weighted by molar-refractivity contribution is -0.384. The first-order valence-corrected chi connectivity index (χ1v) is 9.53. The zero-order valence-corrected chi connectivity index (χ0v) is 15.0. The van der Waals surface area contributed by atoms with E-state index in [1.165, 1.54) is 12.1 Å². The van der Waals surface area contributed by atoms with E-state index < -0.39 is 21.0 Å². The van der Waals surface area contributed by atoms with Gasteiger partial charge in [-0.25, -0.2) is 8.42 Å². The van der Waals surface area contributed by atoms with E-state index in [2.05, 4.69) is 4.72 Å². The van der Waals surface area contributed by atoms with E-state index >= 15 is 0 Å². The number of hydrogen-bond acceptors (Lipinski definition) is 5. The molecule has 1 unspecified atom stereocenters. The smallest absolute Gasteiger partial charge is 0.269 e. The zero-order valence-electron chi connectivity index (χ0n) is 14.1. The predicted molar refractivity (Wildman–Crippen MR) is 103 cm³/mol. The first-order valence-electron chi connectivity index (χ1n) is 8.04. The van der Waals surface area contributed by atoms with Crippen LogP contribution in [0.25, 0.3) is 0 Å². The van der Waals surface area contributed by atoms with Crippen molar-refractivity contribution in [2.75, 3.05) is 5.73 Å². The number of nitrogens with zero attached hydrogens (tertiary/aromatic N) is 1. The molecule has 0 amide bonds. The molecule has 3 aromatic carbocycles. The van der Waals surface area contributed by atoms with Crippen molar-refractivity contribution >= 4 is 21.4 Å². The number of para-hydroxylation sites is 1. The predicted octanol–water partition coefficient (Wildman–Crippen LogP) is 3.24. The van der Waals surface area contributed by atoms with Gasteiger partial charge in [-0.2, -0.15) is 4.72 Å². The van der Waals surface area contributed by atoms with Gasteiger partial charge in [0.2, 0.25) is 10.0 Å². The van der Waals surface area contributed by atoms with E-state index in [1.54, 1.807) is 36.4 Å². The maximum absolute atomic E-state index is 12.9. The second-order valence-corrected chi connectivity index (χ2v) is 7.56. The third-order valence-corrected chi connectivity index (χ3v) is 5.51. The molecule has 0 saturated heterocycles. The molecule has 0 aliphatic rings. The lowest BCUT2D eigenvalue weighted by Crippen LogP contribution is -2.30. The first kappa shape index (κ1) is 18.6. The van der Waals surface area contributed by atoms with Gasteiger partial charge in [0.1, 0.15) is 0 Å². The maximum atomic E-state index is 12.9. The van der Waals surface area contributed by atoms with Crippen LogP contribution in [0.15, 0.2) is 83.8 Å². The van der Waals surface area contributed by atoms with Gasteiger partial charge in [0, 0.05) is 17.8 Å². The van der Waals surface area contributed by atoms with Gasteiger partial charge in [0.05, 0.1) is 15.9 Å². The van der Waals surface area contributed by atoms with Crippen molar-refractivity contribution in [2.45, 2.75) is 10.9 Å². The SMILES string of the molecule is Nc1ccccc1C(NS(=O)(=O)c1ccc([N+](=O)[O-])cc1)c1ccccc1. The topological polar surface area (TPSA) is 115 Å². The molecule has 8 heteroatoms. The zero-order chi connectivity index (χ0) is 19.4. The highest BCUT2D eigenvalue weighted by Crippen LogP contribution is 2.28. The number of anilines is 1. The Kier molecular flexibility index (Phi) is 5.20. The molecular weight excluding hydrogens is 366 g/mol. The molecule has 0 heterocycles. The standard InChI is InChI=1S/C19H17N3O4S/c20-18-9-5-4-8-17(18)19(14-6-2-1-3-7-14)21-27(25,26)16-12-10-15(11-13-16)22(23)24/h1-13,19,21H,20H2. The molecule has 3 rings (SSSR count). The Morgan fingerprint density at radius 1 is 0.889 bits per heavy atom. The molecule has 0 spiro atoms. The summed E-state index contributed by atoms with van der Waals surface area (Å²) in [5.41, 5.74) is 7.68. The quantitative estimate of drug-likeness (QED) is 0.385. The summed E-state index contributed by atoms with van der Waals surface area (Å²) in [5, 5.41) is 10.8. The van der Waals surface area contributed by atoms with Gasteiger partial charge in [-0.05, 0) is 29.3 Å². The van der Waals surface area contributed by atoms with Crippen molar-refractivity contribution in [3.8, 4) is 0 Å². The van der Waals surface area contributed by atoms with Crippen LogP contribution in [0.2, 0.25) is 0 Å². The largest absolute Gasteiger partial charge is 0.398 e. The number of nitrogens with one attached hydrogen (secondary N) is 1. The Morgan fingerprint density at radius 2 is 1.48 bits per heavy atom. The van der Waals surface area contributed by atoms with Crippen LogP contribution in [0.3, 0.4) is 0 Å². The van der Waals surface area contributed by atoms with Crippen molar-refractivity contribution < 1.29 is 13.3 Å². The fraction of sp³-hybridized carbons (Fsp3) is 0.0526. The number of nitro groups is 1. The maximum Gasteiger partial charge on any atom is 0.269 e. The van der Waals surface area contributed by atoms with Gasteiger partial charge in [0.25, 0.3) is 5.69 Å². The van der Waals surface area contributed by atoms with E-state index in [9.17, 15) is 18.5 Å². The van der Waals surface area contributed by atoms with Crippen molar-refractivity contribution in [3.05, 3.63) is 100 Å². The summed E-state index contributed by atoms with van der Waals surface area (Å²) in [5.74, 6) is 0. The summed E-state index contributed by atoms with van der Waals surface area (Å²) in [6, 6.07) is 20.1. The Balaban J connectivity index is 2.01. The van der Waals surface area contributed by atoms with Crippen molar-refractivity contribution in [2.24, 2.45) is 0 Å². The first-order chi connectivity index (χ1) is 12.9. The molecule has 7 nitrogen and oxygen atoms in total. The number of nitrogens with two attached hydrogens (primary N) is 1. The molecule has 0 radical (unpaired) electrons. The number of nitro benzene ring substituents is 1. The Hall–Kier alpha value is -3.23. The van der Waals surface area contributed by atoms with Gasteiger partial charge < -0.3 is 5.73 Å². The Bertz CT molecular complexity index is 1050. The number of hydrogen-bond donors (Lipinski definition) is 2. The second-order valence-electron chi connectivity index (χ2n) is 5.84. The van der Waals surface area contributed by atoms with Crippen LogP contribution < -0.4 is 10.5 Å². The molecule has 0 bridgehead atoms. The van der Waals surface area contributed by atoms with E-state index in [-0.39, 0.29) is 10.6 Å². The van der Waals surface area contributed by atoms with Gasteiger partial charge in [0.15, 0.2) is 0 Å². The number of sulfonamides is 1. The molecular formula is C19H17N3O4S. The van der Waals surface area contributed by atoms with E-state index in [4.69, 9.17) is 5.73 Å². The molecule has 1 atom stereocenters. The lowest BCUT2D eigenvalue weighted by Gasteiger charge is -2.21. The summed E-state index contributed by atoms with van der Waals surface area (Å²) in [6.07, 6.45) is 0. The minimum absolute atomic E-state index is 0.0662. The van der Waals surface area contributed by atoms with Crippen molar-refractivity contribution in [1.29, 1.82) is 0 Å². The van der Waals surface area contributed by atoms with Crippen LogP contribution in [0, 0.1) is 10.1 Å². The molecule has 0 fully saturated rings. The van der Waals surface area contributed by atoms with Gasteiger partial charge in [-0.15, -0.1) is 0 Å². The normalized spacial score (nSPS) is 12.4. The average Bonchev–Trinajstić information content (AvgIpc) is 2.67. The highest BCUT2D eigenvalue weighted by molar-refractivity contribution is 7.89. The molecule has 3 aromatic rings. The number of rotatable bonds is 6. The third-order valence-electron chi connectivity index (χ3n) is 4.07. The van der Waals surface area contributed by atoms with Gasteiger partial charge in [-0.1, -0.05) is 48.5 Å². The minimum atomic E-state index is -3.94. The van der Waals surface area contributed by atoms with Crippen LogP contribution in [0.5, 0.6) is 0 Å². The van der Waals surface area contributed by atoms with Gasteiger partial charge >= 0.3 is 0 Å². The lowest BCUT2D eigenvalue weighted by atomic mass is 9.98. The van der Waals surface area contributed by atoms with Gasteiger partial charge in [-0.3, -0.25) is 10.1 Å². The van der Waals surface area contributed by atoms with Crippen LogP contribution >= 0.6 is 0 Å². The summed E-state index contributed by atoms with van der Waals surface area (Å²) < 4.78 is 28.4. The van der Waals surface area contributed by atoms with E-state index in [1.807, 2.05) is 18.2 Å². The highest BCUT2D eigenvalue weighted by Gasteiger charge is 2.24. The molecule has 0 aromatic heterocycles. The minimum Gasteiger partial charge on any atom is -0.398 e. The molecule has 3 N–H and O–H groups in total. The summed E-state index contributed by atoms with van der Waals surface area (Å²) >= 11 is 0. The number of benzene rings is 3. The van der Waals surface area contributed by atoms with E-state index in [0.717, 1.165) is 17.7 Å². The van der Waals surface area contributed by atoms with Crippen LogP contribution in [0.4, 0.5) is 11.4 Å². The summed E-state index contributed by atoms with van der Waals surface area (Å²) in [7, 11) is -3.94. The molecule has 27 heavy (non-hydrogen) atoms. The van der Waals surface area contributed by atoms with Crippen molar-refractivity contribution in [3.63, 3.8) is 0 Å². The van der Waals surface area contributed by atoms with Crippen LogP contribution in [0.1, 0.15) is 17.2 Å². The molecule has 0 saturated carbocycles. The van der Waals surface area contributed by atoms with Crippen LogP contribution in [-0.4, -0.2) is 13.3 Å². The van der Waals surface area contributed by atoms with Crippen molar-refractivity contribution in [1.82, 2.24) is 4.72 Å². The summed E-state index contributed by atoms with van der Waals surface area (Å²) in [6.45, 7) is 0. The van der Waals surface area contributed by atoms with Crippen LogP contribution in [-0.2, 0) is 10.0 Å². The highest BCUT2D eigenvalue weighted by atomic mass is 32.2. The fourth-order valence-electron chi connectivity index (χ4n) is 2.70. The molecule has 0 aliphatic heterocycles. The number of nitrogen functional groups attached to an aromatic ring is 1. The summed E-state index contributed by atoms with van der Waals surface area (Å²) in [4.78, 5) is 10.1. The third kappa shape index (κ3) is 4.13. The monoisotopic (exact) mass is 383 g/mol. The molecule has 138 valence electrons. The fourth-order valence-corrected chi connectivity index (χ4v) is 3.90. The Morgan fingerprint density at radius 3 is 2.07 bits per heavy atom. The van der Waals surface area contributed by atoms with E-state index in [0.29, 0.717) is 11.3 Å². The average molecular weight is 383 g/mol. The molecule has 0 aliphatic carbocycles. The Labute approximate surface area is 156 Å². The number of non-ortho nitro benzene ring substituents is 1. The second kappa shape index (κ2) is 7.56.